The Bertz CT molecular complexity index is 802. The van der Waals surface area contributed by atoms with Crippen LogP contribution in [0.25, 0.3) is 11.2 Å². The maximum absolute atomic E-state index is 12.1. The highest BCUT2D eigenvalue weighted by Gasteiger charge is 2.12. The van der Waals surface area contributed by atoms with E-state index in [0.29, 0.717) is 12.2 Å². The van der Waals surface area contributed by atoms with Crippen LogP contribution in [0.1, 0.15) is 24.0 Å². The average Bonchev–Trinajstić information content (AvgIpc) is 2.77. The molecule has 0 atom stereocenters. The fourth-order valence-corrected chi connectivity index (χ4v) is 2.30. The van der Waals surface area contributed by atoms with Gasteiger partial charge in [-0.05, 0) is 12.5 Å². The third kappa shape index (κ3) is 2.11. The van der Waals surface area contributed by atoms with Crippen LogP contribution in [-0.4, -0.2) is 19.5 Å². The summed E-state index contributed by atoms with van der Waals surface area (Å²) in [4.78, 5) is 23.9. The Kier molecular flexibility index (Phi) is 3.10. The molecule has 0 radical (unpaired) electrons. The van der Waals surface area contributed by atoms with Gasteiger partial charge in [0.15, 0.2) is 5.65 Å². The maximum atomic E-state index is 12.1. The lowest BCUT2D eigenvalue weighted by molar-refractivity contribution is 0.772. The first-order valence-electron chi connectivity index (χ1n) is 6.69. The van der Waals surface area contributed by atoms with Crippen LogP contribution in [0.3, 0.4) is 0 Å². The summed E-state index contributed by atoms with van der Waals surface area (Å²) in [5.74, 6) is 0.760. The third-order valence-electron chi connectivity index (χ3n) is 3.35. The van der Waals surface area contributed by atoms with Crippen molar-refractivity contribution in [3.05, 3.63) is 57.9 Å². The smallest absolute Gasteiger partial charge is 0.303 e. The van der Waals surface area contributed by atoms with Gasteiger partial charge in [-0.2, -0.15) is 0 Å². The fraction of sp³-hybridized carbons (Fsp3) is 0.267. The van der Waals surface area contributed by atoms with E-state index in [0.717, 1.165) is 29.0 Å². The number of aromatic nitrogens is 4. The first kappa shape index (κ1) is 12.6. The molecule has 2 aromatic heterocycles. The molecule has 5 nitrogen and oxygen atoms in total. The summed E-state index contributed by atoms with van der Waals surface area (Å²) in [7, 11) is 0. The van der Waals surface area contributed by atoms with Crippen molar-refractivity contribution in [2.45, 2.75) is 26.8 Å². The largest absolute Gasteiger partial charge is 0.328 e. The second kappa shape index (κ2) is 4.92. The number of aryl methyl sites for hydroxylation is 2. The van der Waals surface area contributed by atoms with Gasteiger partial charge >= 0.3 is 5.69 Å². The molecular formula is C15H16N4O. The van der Waals surface area contributed by atoms with Gasteiger partial charge in [0.25, 0.3) is 0 Å². The summed E-state index contributed by atoms with van der Waals surface area (Å²) in [6.45, 7) is 4.41. The minimum absolute atomic E-state index is 0.144. The molecule has 0 aliphatic rings. The van der Waals surface area contributed by atoms with E-state index in [9.17, 15) is 4.79 Å². The van der Waals surface area contributed by atoms with E-state index in [1.165, 1.54) is 0 Å². The van der Waals surface area contributed by atoms with Crippen LogP contribution in [0.15, 0.2) is 35.1 Å². The van der Waals surface area contributed by atoms with E-state index in [2.05, 4.69) is 15.0 Å². The Hall–Kier alpha value is -2.43. The molecule has 0 bridgehead atoms. The van der Waals surface area contributed by atoms with Crippen molar-refractivity contribution in [1.29, 1.82) is 0 Å². The first-order valence-corrected chi connectivity index (χ1v) is 6.69. The Morgan fingerprint density at radius 2 is 1.95 bits per heavy atom. The van der Waals surface area contributed by atoms with E-state index >= 15 is 0 Å². The van der Waals surface area contributed by atoms with Gasteiger partial charge in [-0.3, -0.25) is 4.57 Å². The van der Waals surface area contributed by atoms with Gasteiger partial charge in [0.05, 0.1) is 12.2 Å². The lowest BCUT2D eigenvalue weighted by Gasteiger charge is -2.04. The number of benzene rings is 1. The molecule has 1 N–H and O–H groups in total. The zero-order chi connectivity index (χ0) is 14.1. The molecular weight excluding hydrogens is 252 g/mol. The molecule has 5 heteroatoms. The minimum atomic E-state index is -0.144. The average molecular weight is 268 g/mol. The zero-order valence-electron chi connectivity index (χ0n) is 11.6. The van der Waals surface area contributed by atoms with Crippen molar-refractivity contribution >= 4 is 11.2 Å². The topological polar surface area (TPSA) is 63.6 Å². The SMILES string of the molecule is CCc1nc(C)c2[nH]c(=O)n(Cc3ccccc3)c2n1. The van der Waals surface area contributed by atoms with Gasteiger partial charge in [-0.1, -0.05) is 37.3 Å². The monoisotopic (exact) mass is 268 g/mol. The first-order chi connectivity index (χ1) is 9.69. The predicted octanol–water partition coefficient (Wildman–Crippen LogP) is 2.04. The summed E-state index contributed by atoms with van der Waals surface area (Å²) >= 11 is 0. The van der Waals surface area contributed by atoms with Gasteiger partial charge in [0.2, 0.25) is 0 Å². The van der Waals surface area contributed by atoms with Gasteiger partial charge in [0, 0.05) is 6.42 Å². The van der Waals surface area contributed by atoms with Gasteiger partial charge < -0.3 is 4.98 Å². The summed E-state index contributed by atoms with van der Waals surface area (Å²) in [5, 5.41) is 0. The van der Waals surface area contributed by atoms with E-state index < -0.39 is 0 Å². The highest BCUT2D eigenvalue weighted by molar-refractivity contribution is 5.73. The van der Waals surface area contributed by atoms with Crippen molar-refractivity contribution in [3.63, 3.8) is 0 Å². The maximum Gasteiger partial charge on any atom is 0.328 e. The van der Waals surface area contributed by atoms with E-state index in [4.69, 9.17) is 0 Å². The lowest BCUT2D eigenvalue weighted by atomic mass is 10.2. The molecule has 3 aromatic rings. The fourth-order valence-electron chi connectivity index (χ4n) is 2.30. The second-order valence-corrected chi connectivity index (χ2v) is 4.78. The molecule has 0 saturated heterocycles. The number of H-pyrrole nitrogens is 1. The highest BCUT2D eigenvalue weighted by atomic mass is 16.1. The zero-order valence-corrected chi connectivity index (χ0v) is 11.6. The molecule has 20 heavy (non-hydrogen) atoms. The van der Waals surface area contributed by atoms with Crippen LogP contribution in [0.2, 0.25) is 0 Å². The standard InChI is InChI=1S/C15H16N4O/c1-3-12-16-10(2)13-14(17-12)19(15(20)18-13)9-11-7-5-4-6-8-11/h4-8H,3,9H2,1-2H3,(H,18,20). The molecule has 0 fully saturated rings. The molecule has 0 spiro atoms. The number of hydrogen-bond acceptors (Lipinski definition) is 3. The Morgan fingerprint density at radius 1 is 1.20 bits per heavy atom. The van der Waals surface area contributed by atoms with Crippen LogP contribution >= 0.6 is 0 Å². The number of hydrogen-bond donors (Lipinski definition) is 1. The van der Waals surface area contributed by atoms with Crippen molar-refractivity contribution in [2.24, 2.45) is 0 Å². The normalized spacial score (nSPS) is 11.1. The molecule has 0 aliphatic carbocycles. The molecule has 0 aliphatic heterocycles. The molecule has 0 unspecified atom stereocenters. The molecule has 2 heterocycles. The number of nitrogens with zero attached hydrogens (tertiary/aromatic N) is 3. The van der Waals surface area contributed by atoms with Crippen LogP contribution in [0.4, 0.5) is 0 Å². The number of rotatable bonds is 3. The number of imidazole rings is 1. The summed E-state index contributed by atoms with van der Waals surface area (Å²) in [5.41, 5.74) is 3.15. The molecule has 3 rings (SSSR count). The molecule has 102 valence electrons. The quantitative estimate of drug-likeness (QED) is 0.790. The molecule has 0 saturated carbocycles. The number of fused-ring (bicyclic) bond motifs is 1. The number of nitrogens with one attached hydrogen (secondary N) is 1. The predicted molar refractivity (Wildman–Crippen MR) is 77.8 cm³/mol. The van der Waals surface area contributed by atoms with Crippen molar-refractivity contribution in [1.82, 2.24) is 19.5 Å². The second-order valence-electron chi connectivity index (χ2n) is 4.78. The molecule has 0 amide bonds. The van der Waals surface area contributed by atoms with Crippen LogP contribution in [-0.2, 0) is 13.0 Å². The van der Waals surface area contributed by atoms with Crippen molar-refractivity contribution < 1.29 is 0 Å². The van der Waals surface area contributed by atoms with E-state index in [-0.39, 0.29) is 5.69 Å². The van der Waals surface area contributed by atoms with Gasteiger partial charge in [0.1, 0.15) is 11.3 Å². The van der Waals surface area contributed by atoms with Gasteiger partial charge in [-0.15, -0.1) is 0 Å². The van der Waals surface area contributed by atoms with Crippen LogP contribution < -0.4 is 5.69 Å². The third-order valence-corrected chi connectivity index (χ3v) is 3.35. The van der Waals surface area contributed by atoms with Crippen LogP contribution in [0.5, 0.6) is 0 Å². The van der Waals surface area contributed by atoms with E-state index in [1.54, 1.807) is 4.57 Å². The molecule has 1 aromatic carbocycles. The Balaban J connectivity index is 2.17. The number of aromatic amines is 1. The lowest BCUT2D eigenvalue weighted by Crippen LogP contribution is -2.17. The summed E-state index contributed by atoms with van der Waals surface area (Å²) in [6.07, 6.45) is 0.751. The van der Waals surface area contributed by atoms with Crippen molar-refractivity contribution in [3.8, 4) is 0 Å². The minimum Gasteiger partial charge on any atom is -0.303 e. The van der Waals surface area contributed by atoms with Gasteiger partial charge in [-0.25, -0.2) is 14.8 Å². The van der Waals surface area contributed by atoms with E-state index in [1.807, 2.05) is 44.2 Å². The van der Waals surface area contributed by atoms with Crippen molar-refractivity contribution in [2.75, 3.05) is 0 Å². The Morgan fingerprint density at radius 3 is 2.65 bits per heavy atom. The summed E-state index contributed by atoms with van der Waals surface area (Å²) < 4.78 is 1.67. The van der Waals surface area contributed by atoms with Crippen LogP contribution in [0, 0.1) is 6.92 Å². The highest BCUT2D eigenvalue weighted by Crippen LogP contribution is 2.13. The Labute approximate surface area is 116 Å². The summed E-state index contributed by atoms with van der Waals surface area (Å²) in [6, 6.07) is 9.89.